The molecule has 0 nitrogen and oxygen atoms in total. The van der Waals surface area contributed by atoms with Crippen molar-refractivity contribution in [3.8, 4) is 0 Å². The van der Waals surface area contributed by atoms with Crippen LogP contribution in [0.1, 0.15) is 25.0 Å². The summed E-state index contributed by atoms with van der Waals surface area (Å²) in [5.74, 6) is -0.927. The van der Waals surface area contributed by atoms with E-state index in [0.29, 0.717) is 17.0 Å². The molecular formula is C16H16ClF3. The van der Waals surface area contributed by atoms with Crippen molar-refractivity contribution in [1.82, 2.24) is 0 Å². The third-order valence-corrected chi connectivity index (χ3v) is 3.15. The smallest absolute Gasteiger partial charge is 0.126 e. The van der Waals surface area contributed by atoms with Crippen LogP contribution in [0.2, 0.25) is 5.02 Å². The Morgan fingerprint density at radius 2 is 1.30 bits per heavy atom. The minimum atomic E-state index is -0.377. The molecular weight excluding hydrogens is 285 g/mol. The van der Waals surface area contributed by atoms with Gasteiger partial charge >= 0.3 is 0 Å². The second-order valence-corrected chi connectivity index (χ2v) is 4.59. The number of hydrogen-bond acceptors (Lipinski definition) is 0. The number of rotatable bonds is 2. The fourth-order valence-corrected chi connectivity index (χ4v) is 1.88. The Morgan fingerprint density at radius 3 is 1.75 bits per heavy atom. The van der Waals surface area contributed by atoms with Gasteiger partial charge in [0.15, 0.2) is 0 Å². The molecule has 0 aliphatic carbocycles. The second-order valence-electron chi connectivity index (χ2n) is 4.18. The van der Waals surface area contributed by atoms with Crippen molar-refractivity contribution in [2.24, 2.45) is 0 Å². The first kappa shape index (κ1) is 16.6. The van der Waals surface area contributed by atoms with Crippen LogP contribution in [-0.2, 0) is 12.8 Å². The molecule has 0 aliphatic heterocycles. The molecule has 0 aromatic heterocycles. The predicted molar refractivity (Wildman–Crippen MR) is 76.5 cm³/mol. The van der Waals surface area contributed by atoms with Gasteiger partial charge in [-0.05, 0) is 60.4 Å². The molecule has 2 aromatic rings. The van der Waals surface area contributed by atoms with Gasteiger partial charge in [0.05, 0.1) is 0 Å². The Balaban J connectivity index is 0.000000200. The van der Waals surface area contributed by atoms with Crippen molar-refractivity contribution in [3.05, 3.63) is 70.0 Å². The lowest BCUT2D eigenvalue weighted by molar-refractivity contribution is 0.587. The Labute approximate surface area is 122 Å². The van der Waals surface area contributed by atoms with Gasteiger partial charge in [0.25, 0.3) is 0 Å². The highest BCUT2D eigenvalue weighted by atomic mass is 35.5. The van der Waals surface area contributed by atoms with E-state index in [2.05, 4.69) is 0 Å². The Morgan fingerprint density at radius 1 is 0.800 bits per heavy atom. The van der Waals surface area contributed by atoms with Gasteiger partial charge in [0, 0.05) is 5.02 Å². The van der Waals surface area contributed by atoms with E-state index < -0.39 is 0 Å². The minimum Gasteiger partial charge on any atom is -0.207 e. The second kappa shape index (κ2) is 7.95. The van der Waals surface area contributed by atoms with Crippen molar-refractivity contribution < 1.29 is 13.2 Å². The molecule has 20 heavy (non-hydrogen) atoms. The first-order chi connectivity index (χ1) is 9.47. The highest BCUT2D eigenvalue weighted by molar-refractivity contribution is 6.31. The SMILES string of the molecule is CCc1cc(F)ccc1Cl.CCc1cc(F)ccc1F. The van der Waals surface area contributed by atoms with Gasteiger partial charge in [0.1, 0.15) is 17.5 Å². The van der Waals surface area contributed by atoms with Crippen LogP contribution < -0.4 is 0 Å². The van der Waals surface area contributed by atoms with Gasteiger partial charge in [-0.3, -0.25) is 0 Å². The largest absolute Gasteiger partial charge is 0.207 e. The Hall–Kier alpha value is -1.48. The molecule has 4 heteroatoms. The molecule has 108 valence electrons. The maximum Gasteiger partial charge on any atom is 0.126 e. The average Bonchev–Trinajstić information content (AvgIpc) is 2.44. The maximum absolute atomic E-state index is 12.6. The molecule has 0 amide bonds. The van der Waals surface area contributed by atoms with Crippen molar-refractivity contribution in [3.63, 3.8) is 0 Å². The first-order valence-corrected chi connectivity index (χ1v) is 6.73. The van der Waals surface area contributed by atoms with Crippen LogP contribution in [0.15, 0.2) is 36.4 Å². The zero-order valence-corrected chi connectivity index (χ0v) is 12.1. The van der Waals surface area contributed by atoms with Gasteiger partial charge in [-0.2, -0.15) is 0 Å². The summed E-state index contributed by atoms with van der Waals surface area (Å²) in [6, 6.07) is 7.89. The molecule has 0 aliphatic rings. The third kappa shape index (κ3) is 4.89. The zero-order valence-electron chi connectivity index (χ0n) is 11.4. The Bertz CT molecular complexity index is 516. The van der Waals surface area contributed by atoms with Crippen molar-refractivity contribution in [2.75, 3.05) is 0 Å². The fourth-order valence-electron chi connectivity index (χ4n) is 1.63. The van der Waals surface area contributed by atoms with Crippen molar-refractivity contribution in [1.29, 1.82) is 0 Å². The molecule has 0 N–H and O–H groups in total. The minimum absolute atomic E-state index is 0.221. The lowest BCUT2D eigenvalue weighted by Crippen LogP contribution is -1.87. The van der Waals surface area contributed by atoms with Gasteiger partial charge < -0.3 is 0 Å². The highest BCUT2D eigenvalue weighted by Crippen LogP contribution is 2.16. The normalized spacial score (nSPS) is 9.90. The van der Waals surface area contributed by atoms with Gasteiger partial charge in [-0.1, -0.05) is 25.4 Å². The van der Waals surface area contributed by atoms with Crippen LogP contribution in [0, 0.1) is 17.5 Å². The molecule has 0 bridgehead atoms. The van der Waals surface area contributed by atoms with Gasteiger partial charge in [-0.15, -0.1) is 0 Å². The third-order valence-electron chi connectivity index (χ3n) is 2.78. The number of hydrogen-bond donors (Lipinski definition) is 0. The Kier molecular flexibility index (Phi) is 6.59. The summed E-state index contributed by atoms with van der Waals surface area (Å²) in [5, 5.41) is 0.643. The molecule has 0 atom stereocenters. The predicted octanol–water partition coefficient (Wildman–Crippen LogP) is 5.57. The molecule has 0 heterocycles. The summed E-state index contributed by atoms with van der Waals surface area (Å²) in [4.78, 5) is 0. The quantitative estimate of drug-likeness (QED) is 0.680. The highest BCUT2D eigenvalue weighted by Gasteiger charge is 1.99. The summed E-state index contributed by atoms with van der Waals surface area (Å²) in [5.41, 5.74) is 1.29. The summed E-state index contributed by atoms with van der Waals surface area (Å²) >= 11 is 5.73. The molecule has 0 radical (unpaired) electrons. The van der Waals surface area contributed by atoms with E-state index in [1.807, 2.05) is 6.92 Å². The molecule has 2 rings (SSSR count). The number of aryl methyl sites for hydroxylation is 2. The topological polar surface area (TPSA) is 0 Å². The van der Waals surface area contributed by atoms with E-state index >= 15 is 0 Å². The fraction of sp³-hybridized carbons (Fsp3) is 0.250. The zero-order chi connectivity index (χ0) is 15.1. The first-order valence-electron chi connectivity index (χ1n) is 6.35. The summed E-state index contributed by atoms with van der Waals surface area (Å²) in [7, 11) is 0. The molecule has 0 spiro atoms. The van der Waals surface area contributed by atoms with E-state index in [1.165, 1.54) is 18.2 Å². The molecule has 0 saturated heterocycles. The van der Waals surface area contributed by atoms with E-state index in [9.17, 15) is 13.2 Å². The van der Waals surface area contributed by atoms with E-state index in [-0.39, 0.29) is 17.5 Å². The molecule has 0 unspecified atom stereocenters. The number of halogens is 4. The molecule has 0 fully saturated rings. The summed E-state index contributed by atoms with van der Waals surface area (Å²) in [6.07, 6.45) is 1.31. The summed E-state index contributed by atoms with van der Waals surface area (Å²) in [6.45, 7) is 3.73. The summed E-state index contributed by atoms with van der Waals surface area (Å²) < 4.78 is 37.4. The van der Waals surface area contributed by atoms with E-state index in [0.717, 1.165) is 24.1 Å². The van der Waals surface area contributed by atoms with Crippen molar-refractivity contribution in [2.45, 2.75) is 26.7 Å². The van der Waals surface area contributed by atoms with E-state index in [4.69, 9.17) is 11.6 Å². The molecule has 0 saturated carbocycles. The van der Waals surface area contributed by atoms with Crippen LogP contribution in [-0.4, -0.2) is 0 Å². The van der Waals surface area contributed by atoms with Crippen LogP contribution in [0.25, 0.3) is 0 Å². The van der Waals surface area contributed by atoms with Crippen LogP contribution in [0.5, 0.6) is 0 Å². The number of benzene rings is 2. The van der Waals surface area contributed by atoms with Crippen LogP contribution in [0.3, 0.4) is 0 Å². The lowest BCUT2D eigenvalue weighted by Gasteiger charge is -1.98. The monoisotopic (exact) mass is 300 g/mol. The average molecular weight is 301 g/mol. The van der Waals surface area contributed by atoms with Crippen LogP contribution >= 0.6 is 11.6 Å². The van der Waals surface area contributed by atoms with Gasteiger partial charge in [0.2, 0.25) is 0 Å². The maximum atomic E-state index is 12.6. The van der Waals surface area contributed by atoms with Crippen molar-refractivity contribution >= 4 is 11.6 Å². The van der Waals surface area contributed by atoms with Gasteiger partial charge in [-0.25, -0.2) is 13.2 Å². The standard InChI is InChI=1S/C8H8ClF.C8H8F2/c1-2-6-5-7(10)3-4-8(6)9;1-2-6-5-7(9)3-4-8(6)10/h2*3-5H,2H2,1H3. The molecule has 2 aromatic carbocycles. The van der Waals surface area contributed by atoms with E-state index in [1.54, 1.807) is 13.0 Å². The lowest BCUT2D eigenvalue weighted by atomic mass is 10.1. The van der Waals surface area contributed by atoms with Crippen LogP contribution in [0.4, 0.5) is 13.2 Å².